The third-order valence-corrected chi connectivity index (χ3v) is 3.96. The maximum absolute atomic E-state index is 14.0. The zero-order valence-corrected chi connectivity index (χ0v) is 14.1. The summed E-state index contributed by atoms with van der Waals surface area (Å²) in [5.74, 6) is -3.91. The molecule has 0 bridgehead atoms. The molecule has 2 aromatic rings. The second-order valence-corrected chi connectivity index (χ2v) is 6.05. The lowest BCUT2D eigenvalue weighted by Crippen LogP contribution is -2.25. The molecule has 0 saturated heterocycles. The topological polar surface area (TPSA) is 24.9 Å². The van der Waals surface area contributed by atoms with Crippen LogP contribution in [-0.4, -0.2) is 11.5 Å². The van der Waals surface area contributed by atoms with E-state index < -0.39 is 23.5 Å². The molecule has 1 heterocycles. The van der Waals surface area contributed by atoms with Gasteiger partial charge in [-0.05, 0) is 50.5 Å². The van der Waals surface area contributed by atoms with Gasteiger partial charge in [-0.1, -0.05) is 13.0 Å². The monoisotopic (exact) mass is 422 g/mol. The number of hydrogen-bond donors (Lipinski definition) is 1. The van der Waals surface area contributed by atoms with Crippen LogP contribution in [0.25, 0.3) is 0 Å². The van der Waals surface area contributed by atoms with E-state index in [0.717, 1.165) is 10.5 Å². The molecule has 2 rings (SSSR count). The zero-order valence-electron chi connectivity index (χ0n) is 10.9. The van der Waals surface area contributed by atoms with Gasteiger partial charge < -0.3 is 5.32 Å². The van der Waals surface area contributed by atoms with Crippen molar-refractivity contribution >= 4 is 31.9 Å². The highest BCUT2D eigenvalue weighted by molar-refractivity contribution is 9.11. The smallest absolute Gasteiger partial charge is 0.194 e. The Kier molecular flexibility index (Phi) is 5.40. The lowest BCUT2D eigenvalue weighted by molar-refractivity contribution is 0.432. The number of benzene rings is 1. The first-order chi connectivity index (χ1) is 9.95. The van der Waals surface area contributed by atoms with Crippen LogP contribution in [0.3, 0.4) is 0 Å². The van der Waals surface area contributed by atoms with Crippen molar-refractivity contribution in [3.63, 3.8) is 0 Å². The van der Waals surface area contributed by atoms with E-state index in [1.54, 1.807) is 12.3 Å². The normalized spacial score (nSPS) is 12.5. The molecule has 0 aliphatic heterocycles. The Morgan fingerprint density at radius 3 is 2.52 bits per heavy atom. The van der Waals surface area contributed by atoms with Crippen LogP contribution in [0.5, 0.6) is 0 Å². The average Bonchev–Trinajstić information content (AvgIpc) is 2.44. The summed E-state index contributed by atoms with van der Waals surface area (Å²) in [6.45, 7) is 2.34. The minimum Gasteiger partial charge on any atom is -0.305 e. The van der Waals surface area contributed by atoms with E-state index in [1.807, 2.05) is 6.92 Å². The molecule has 1 N–H and O–H groups in total. The van der Waals surface area contributed by atoms with Crippen LogP contribution < -0.4 is 5.32 Å². The maximum Gasteiger partial charge on any atom is 0.194 e. The number of pyridine rings is 1. The molecule has 1 unspecified atom stereocenters. The first-order valence-electron chi connectivity index (χ1n) is 6.13. The zero-order chi connectivity index (χ0) is 15.6. The Morgan fingerprint density at radius 2 is 1.90 bits per heavy atom. The Bertz CT molecular complexity index is 665. The molecule has 1 atom stereocenters. The Hall–Kier alpha value is -0.920. The number of aromatic nitrogens is 1. The van der Waals surface area contributed by atoms with Crippen LogP contribution in [0.2, 0.25) is 0 Å². The number of hydrogen-bond acceptors (Lipinski definition) is 2. The van der Waals surface area contributed by atoms with E-state index in [1.165, 1.54) is 6.07 Å². The van der Waals surface area contributed by atoms with E-state index >= 15 is 0 Å². The van der Waals surface area contributed by atoms with Gasteiger partial charge in [-0.15, -0.1) is 0 Å². The SMILES string of the molecule is CCNC(c1ccc(F)c(F)c1F)c1ncc(Br)cc1Br. The summed E-state index contributed by atoms with van der Waals surface area (Å²) >= 11 is 6.63. The molecule has 0 fully saturated rings. The summed E-state index contributed by atoms with van der Waals surface area (Å²) in [5.41, 5.74) is 0.497. The van der Waals surface area contributed by atoms with Gasteiger partial charge in [0.25, 0.3) is 0 Å². The molecule has 7 heteroatoms. The van der Waals surface area contributed by atoms with Crippen molar-refractivity contribution in [1.29, 1.82) is 0 Å². The van der Waals surface area contributed by atoms with Gasteiger partial charge in [0.2, 0.25) is 0 Å². The number of nitrogens with zero attached hydrogens (tertiary/aromatic N) is 1. The summed E-state index contributed by atoms with van der Waals surface area (Å²) in [6, 6.07) is 3.19. The molecule has 1 aromatic heterocycles. The lowest BCUT2D eigenvalue weighted by atomic mass is 10.0. The van der Waals surface area contributed by atoms with Gasteiger partial charge in [0.15, 0.2) is 17.5 Å². The highest BCUT2D eigenvalue weighted by Crippen LogP contribution is 2.31. The highest BCUT2D eigenvalue weighted by Gasteiger charge is 2.24. The average molecular weight is 424 g/mol. The largest absolute Gasteiger partial charge is 0.305 e. The van der Waals surface area contributed by atoms with E-state index in [4.69, 9.17) is 0 Å². The molecule has 0 saturated carbocycles. The second kappa shape index (κ2) is 6.89. The van der Waals surface area contributed by atoms with Gasteiger partial charge in [0, 0.05) is 20.7 Å². The Labute approximate surface area is 137 Å². The van der Waals surface area contributed by atoms with Crippen molar-refractivity contribution in [2.24, 2.45) is 0 Å². The minimum atomic E-state index is -1.48. The van der Waals surface area contributed by atoms with Gasteiger partial charge in [-0.3, -0.25) is 4.98 Å². The van der Waals surface area contributed by atoms with E-state index in [9.17, 15) is 13.2 Å². The lowest BCUT2D eigenvalue weighted by Gasteiger charge is -2.20. The summed E-state index contributed by atoms with van der Waals surface area (Å²) in [4.78, 5) is 4.23. The molecule has 0 aliphatic carbocycles. The summed E-state index contributed by atoms with van der Waals surface area (Å²) in [5, 5.41) is 3.03. The first-order valence-corrected chi connectivity index (χ1v) is 7.72. The third-order valence-electron chi connectivity index (χ3n) is 2.89. The molecule has 1 aromatic carbocycles. The second-order valence-electron chi connectivity index (χ2n) is 4.28. The van der Waals surface area contributed by atoms with Gasteiger partial charge >= 0.3 is 0 Å². The number of rotatable bonds is 4. The fourth-order valence-electron chi connectivity index (χ4n) is 1.96. The molecular formula is C14H11Br2F3N2. The van der Waals surface area contributed by atoms with Gasteiger partial charge in [-0.2, -0.15) is 0 Å². The fourth-order valence-corrected chi connectivity index (χ4v) is 3.18. The molecule has 21 heavy (non-hydrogen) atoms. The molecule has 0 radical (unpaired) electrons. The van der Waals surface area contributed by atoms with Crippen LogP contribution in [0.15, 0.2) is 33.3 Å². The standard InChI is InChI=1S/C14H11Br2F3N2/c1-2-20-13(14-9(16)5-7(15)6-21-14)8-3-4-10(17)12(19)11(8)18/h3-6,13,20H,2H2,1H3. The maximum atomic E-state index is 14.0. The third kappa shape index (κ3) is 3.46. The highest BCUT2D eigenvalue weighted by atomic mass is 79.9. The van der Waals surface area contributed by atoms with Crippen molar-refractivity contribution in [2.45, 2.75) is 13.0 Å². The molecule has 0 amide bonds. The van der Waals surface area contributed by atoms with Gasteiger partial charge in [-0.25, -0.2) is 13.2 Å². The van der Waals surface area contributed by atoms with E-state index in [0.29, 0.717) is 16.7 Å². The molecule has 112 valence electrons. The van der Waals surface area contributed by atoms with E-state index in [-0.39, 0.29) is 5.56 Å². The minimum absolute atomic E-state index is 0.00581. The van der Waals surface area contributed by atoms with Crippen LogP contribution in [0, 0.1) is 17.5 Å². The van der Waals surface area contributed by atoms with Crippen LogP contribution in [-0.2, 0) is 0 Å². The fraction of sp³-hybridized carbons (Fsp3) is 0.214. The summed E-state index contributed by atoms with van der Waals surface area (Å²) < 4.78 is 41.9. The Morgan fingerprint density at radius 1 is 1.19 bits per heavy atom. The predicted octanol–water partition coefficient (Wildman–Crippen LogP) is 4.72. The van der Waals surface area contributed by atoms with Crippen LogP contribution in [0.1, 0.15) is 24.2 Å². The summed E-state index contributed by atoms with van der Waals surface area (Å²) in [7, 11) is 0. The van der Waals surface area contributed by atoms with Gasteiger partial charge in [0.05, 0.1) is 11.7 Å². The number of halogens is 5. The van der Waals surface area contributed by atoms with Gasteiger partial charge in [0.1, 0.15) is 0 Å². The van der Waals surface area contributed by atoms with Crippen LogP contribution >= 0.6 is 31.9 Å². The van der Waals surface area contributed by atoms with Crippen molar-refractivity contribution in [2.75, 3.05) is 6.54 Å². The molecule has 0 spiro atoms. The number of nitrogens with one attached hydrogen (secondary N) is 1. The molecular weight excluding hydrogens is 413 g/mol. The van der Waals surface area contributed by atoms with Crippen molar-refractivity contribution in [3.05, 3.63) is 62.1 Å². The predicted molar refractivity (Wildman–Crippen MR) is 81.5 cm³/mol. The van der Waals surface area contributed by atoms with Crippen molar-refractivity contribution in [3.8, 4) is 0 Å². The molecule has 2 nitrogen and oxygen atoms in total. The van der Waals surface area contributed by atoms with Crippen molar-refractivity contribution < 1.29 is 13.2 Å². The quantitative estimate of drug-likeness (QED) is 0.719. The molecule has 0 aliphatic rings. The first kappa shape index (κ1) is 16.5. The Balaban J connectivity index is 2.56. The van der Waals surface area contributed by atoms with Crippen LogP contribution in [0.4, 0.5) is 13.2 Å². The van der Waals surface area contributed by atoms with Crippen molar-refractivity contribution in [1.82, 2.24) is 10.3 Å². The summed E-state index contributed by atoms with van der Waals surface area (Å²) in [6.07, 6.45) is 1.56. The van der Waals surface area contributed by atoms with E-state index in [2.05, 4.69) is 42.2 Å².